The number of aliphatic hydroxyl groups is 1. The highest BCUT2D eigenvalue weighted by molar-refractivity contribution is 7.47. The molecule has 0 aromatic rings. The van der Waals surface area contributed by atoms with E-state index in [2.05, 4.69) is 41.5 Å². The minimum Gasteiger partial charge on any atom is -0.462 e. The predicted molar refractivity (Wildman–Crippen MR) is 409 cm³/mol. The summed E-state index contributed by atoms with van der Waals surface area (Å²) in [7, 11) is -9.92. The van der Waals surface area contributed by atoms with Gasteiger partial charge in [0.25, 0.3) is 0 Å². The van der Waals surface area contributed by atoms with Crippen LogP contribution in [0.1, 0.15) is 427 Å². The first-order valence-electron chi connectivity index (χ1n) is 42.1. The van der Waals surface area contributed by atoms with E-state index in [9.17, 15) is 43.2 Å². The molecule has 0 aromatic carbocycles. The smallest absolute Gasteiger partial charge is 0.462 e. The first-order valence-corrected chi connectivity index (χ1v) is 45.1. The van der Waals surface area contributed by atoms with Gasteiger partial charge in [-0.05, 0) is 37.5 Å². The molecule has 7 atom stereocenters. The Labute approximate surface area is 613 Å². The summed E-state index contributed by atoms with van der Waals surface area (Å²) in [6.45, 7) is 9.68. The quantitative estimate of drug-likeness (QED) is 0.0222. The van der Waals surface area contributed by atoms with Crippen LogP contribution in [0.2, 0.25) is 0 Å². The fourth-order valence-electron chi connectivity index (χ4n) is 12.5. The van der Waals surface area contributed by atoms with Crippen LogP contribution in [0.15, 0.2) is 0 Å². The molecule has 594 valence electrons. The lowest BCUT2D eigenvalue weighted by Gasteiger charge is -2.21. The van der Waals surface area contributed by atoms with Crippen molar-refractivity contribution in [2.75, 3.05) is 39.6 Å². The van der Waals surface area contributed by atoms with Gasteiger partial charge in [0, 0.05) is 25.7 Å². The second kappa shape index (κ2) is 72.6. The Morgan fingerprint density at radius 1 is 0.280 bits per heavy atom. The summed E-state index contributed by atoms with van der Waals surface area (Å²) in [5, 5.41) is 10.6. The Bertz CT molecular complexity index is 1930. The Morgan fingerprint density at radius 3 is 0.710 bits per heavy atom. The third-order valence-electron chi connectivity index (χ3n) is 19.7. The molecule has 0 fully saturated rings. The summed E-state index contributed by atoms with van der Waals surface area (Å²) in [5.41, 5.74) is 0. The third-order valence-corrected chi connectivity index (χ3v) is 21.6. The average molecular weight is 1470 g/mol. The minimum absolute atomic E-state index is 0.107. The number of aliphatic hydroxyl groups excluding tert-OH is 1. The Morgan fingerprint density at radius 2 is 0.480 bits per heavy atom. The summed E-state index contributed by atoms with van der Waals surface area (Å²) in [6, 6.07) is 0. The molecule has 0 rings (SSSR count). The van der Waals surface area contributed by atoms with Crippen molar-refractivity contribution < 1.29 is 80.2 Å². The largest absolute Gasteiger partial charge is 0.472 e. The summed E-state index contributed by atoms with van der Waals surface area (Å²) in [6.07, 6.45) is 62.3. The summed E-state index contributed by atoms with van der Waals surface area (Å²) >= 11 is 0. The average Bonchev–Trinajstić information content (AvgIpc) is 0.929. The minimum atomic E-state index is -4.96. The number of carbonyl (C=O) groups is 4. The molecule has 0 spiro atoms. The molecule has 0 aliphatic rings. The molecule has 17 nitrogen and oxygen atoms in total. The molecule has 4 unspecified atom stereocenters. The zero-order chi connectivity index (χ0) is 73.5. The number of hydrogen-bond acceptors (Lipinski definition) is 15. The molecule has 3 N–H and O–H groups in total. The van der Waals surface area contributed by atoms with E-state index in [1.807, 2.05) is 0 Å². The van der Waals surface area contributed by atoms with Crippen LogP contribution < -0.4 is 0 Å². The lowest BCUT2D eigenvalue weighted by molar-refractivity contribution is -0.161. The zero-order valence-corrected chi connectivity index (χ0v) is 67.3. The normalized spacial score (nSPS) is 14.4. The van der Waals surface area contributed by atoms with Crippen LogP contribution in [-0.4, -0.2) is 96.7 Å². The fraction of sp³-hybridized carbons (Fsp3) is 0.951. The van der Waals surface area contributed by atoms with Crippen molar-refractivity contribution in [3.05, 3.63) is 0 Å². The summed E-state index contributed by atoms with van der Waals surface area (Å²) in [5.74, 6) is -0.496. The van der Waals surface area contributed by atoms with E-state index in [1.54, 1.807) is 0 Å². The van der Waals surface area contributed by atoms with Gasteiger partial charge < -0.3 is 33.8 Å². The van der Waals surface area contributed by atoms with Gasteiger partial charge in [-0.1, -0.05) is 375 Å². The Hall–Kier alpha value is -1.94. The predicted octanol–water partition coefficient (Wildman–Crippen LogP) is 24.3. The number of unbranched alkanes of at least 4 members (excludes halogenated alkanes) is 48. The van der Waals surface area contributed by atoms with E-state index >= 15 is 0 Å². The molecule has 0 radical (unpaired) electrons. The van der Waals surface area contributed by atoms with Gasteiger partial charge in [-0.25, -0.2) is 9.13 Å². The van der Waals surface area contributed by atoms with Gasteiger partial charge in [-0.3, -0.25) is 37.3 Å². The maximum Gasteiger partial charge on any atom is 0.472 e. The molecular formula is C81H158O17P2. The van der Waals surface area contributed by atoms with Crippen molar-refractivity contribution in [1.29, 1.82) is 0 Å². The third kappa shape index (κ3) is 71.7. The van der Waals surface area contributed by atoms with Crippen LogP contribution in [0.3, 0.4) is 0 Å². The van der Waals surface area contributed by atoms with Crippen LogP contribution in [0.25, 0.3) is 0 Å². The molecule has 100 heavy (non-hydrogen) atoms. The van der Waals surface area contributed by atoms with E-state index < -0.39 is 97.5 Å². The topological polar surface area (TPSA) is 237 Å². The van der Waals surface area contributed by atoms with Gasteiger partial charge in [-0.2, -0.15) is 0 Å². The van der Waals surface area contributed by atoms with Gasteiger partial charge in [-0.15, -0.1) is 0 Å². The number of esters is 4. The number of phosphoric acid groups is 2. The SMILES string of the molecule is CCCCCCCCCCCCCCCCCCCCCCCC(=O)O[C@H](COC(=O)CCCCCCCCCCCCC(C)CC)COP(=O)(O)OC[C@@H](O)COP(=O)(O)OC[C@@H](COC(=O)CCCCCCCCCCCCC)OC(=O)CCCCCCCCCCCCC(C)CC. The van der Waals surface area contributed by atoms with Crippen molar-refractivity contribution in [2.24, 2.45) is 11.8 Å². The number of phosphoric ester groups is 2. The van der Waals surface area contributed by atoms with Crippen molar-refractivity contribution in [1.82, 2.24) is 0 Å². The van der Waals surface area contributed by atoms with E-state index in [1.165, 1.54) is 244 Å². The monoisotopic (exact) mass is 1470 g/mol. The van der Waals surface area contributed by atoms with Crippen LogP contribution in [0.4, 0.5) is 0 Å². The highest BCUT2D eigenvalue weighted by Gasteiger charge is 2.30. The van der Waals surface area contributed by atoms with Crippen LogP contribution >= 0.6 is 15.6 Å². The summed E-state index contributed by atoms with van der Waals surface area (Å²) in [4.78, 5) is 73.0. The lowest BCUT2D eigenvalue weighted by Crippen LogP contribution is -2.30. The first-order chi connectivity index (χ1) is 48.4. The Balaban J connectivity index is 5.23. The molecule has 0 aliphatic heterocycles. The number of rotatable bonds is 80. The molecular weight excluding hydrogens is 1310 g/mol. The highest BCUT2D eigenvalue weighted by Crippen LogP contribution is 2.45. The number of ether oxygens (including phenoxy) is 4. The van der Waals surface area contributed by atoms with E-state index in [0.29, 0.717) is 25.7 Å². The maximum absolute atomic E-state index is 13.1. The summed E-state index contributed by atoms with van der Waals surface area (Å²) < 4.78 is 68.7. The molecule has 0 heterocycles. The fourth-order valence-corrected chi connectivity index (χ4v) is 14.1. The molecule has 0 saturated heterocycles. The van der Waals surface area contributed by atoms with Gasteiger partial charge in [0.1, 0.15) is 19.3 Å². The van der Waals surface area contributed by atoms with Gasteiger partial charge in [0.2, 0.25) is 0 Å². The lowest BCUT2D eigenvalue weighted by atomic mass is 9.99. The van der Waals surface area contributed by atoms with Gasteiger partial charge in [0.05, 0.1) is 26.4 Å². The molecule has 0 saturated carbocycles. The molecule has 19 heteroatoms. The van der Waals surface area contributed by atoms with E-state index in [-0.39, 0.29) is 25.7 Å². The number of hydrogen-bond donors (Lipinski definition) is 3. The highest BCUT2D eigenvalue weighted by atomic mass is 31.2. The van der Waals surface area contributed by atoms with Crippen LogP contribution in [-0.2, 0) is 65.4 Å². The first kappa shape index (κ1) is 98.1. The van der Waals surface area contributed by atoms with Crippen molar-refractivity contribution in [3.63, 3.8) is 0 Å². The maximum atomic E-state index is 13.1. The molecule has 0 aromatic heterocycles. The van der Waals surface area contributed by atoms with Crippen molar-refractivity contribution >= 4 is 39.5 Å². The second-order valence-electron chi connectivity index (χ2n) is 29.6. The molecule has 0 aliphatic carbocycles. The Kier molecular flexibility index (Phi) is 71.2. The number of carbonyl (C=O) groups excluding carboxylic acids is 4. The zero-order valence-electron chi connectivity index (χ0n) is 65.5. The van der Waals surface area contributed by atoms with E-state index in [0.717, 1.165) is 102 Å². The van der Waals surface area contributed by atoms with E-state index in [4.69, 9.17) is 37.0 Å². The van der Waals surface area contributed by atoms with Gasteiger partial charge >= 0.3 is 39.5 Å². The molecule has 0 bridgehead atoms. The van der Waals surface area contributed by atoms with Crippen LogP contribution in [0, 0.1) is 11.8 Å². The van der Waals surface area contributed by atoms with Crippen molar-refractivity contribution in [3.8, 4) is 0 Å². The molecule has 0 amide bonds. The van der Waals surface area contributed by atoms with Gasteiger partial charge in [0.15, 0.2) is 12.2 Å². The van der Waals surface area contributed by atoms with Crippen LogP contribution in [0.5, 0.6) is 0 Å². The standard InChI is InChI=1S/C81H158O17P2/c1-7-11-13-15-17-19-21-22-23-24-25-26-27-28-29-30-32-41-47-53-59-65-80(85)97-76(70-92-79(84)64-58-52-46-40-35-33-37-43-49-55-61-73(5)9-3)71-95-99(87,88)93-67-75(82)68-94-100(89,90)96-72-77(69-91-78(83)63-57-51-45-39-31-20-18-16-14-12-8-2)98-81(86)66-60-54-48-42-36-34-38-44-50-56-62-74(6)10-4/h73-77,82H,7-72H2,1-6H3,(H,87,88)(H,89,90)/t73?,74?,75-,76-,77-/m1/s1. The van der Waals surface area contributed by atoms with Crippen molar-refractivity contribution in [2.45, 2.75) is 445 Å². The second-order valence-corrected chi connectivity index (χ2v) is 32.6.